The van der Waals surface area contributed by atoms with Crippen molar-refractivity contribution in [3.8, 4) is 22.8 Å². The highest BCUT2D eigenvalue weighted by Gasteiger charge is 2.17. The predicted molar refractivity (Wildman–Crippen MR) is 134 cm³/mol. The summed E-state index contributed by atoms with van der Waals surface area (Å²) < 4.78 is 16.8. The third kappa shape index (κ3) is 5.86. The fraction of sp³-hybridized carbons (Fsp3) is 0.429. The highest BCUT2D eigenvalue weighted by Crippen LogP contribution is 2.36. The van der Waals surface area contributed by atoms with Crippen LogP contribution in [0.4, 0.5) is 0 Å². The summed E-state index contributed by atoms with van der Waals surface area (Å²) in [6.45, 7) is 6.70. The van der Waals surface area contributed by atoms with E-state index in [-0.39, 0.29) is 12.7 Å². The number of nitrogens with zero attached hydrogens (tertiary/aromatic N) is 1. The number of hydrogen-bond acceptors (Lipinski definition) is 5. The Bertz CT molecular complexity index is 1110. The zero-order valence-electron chi connectivity index (χ0n) is 20.1. The van der Waals surface area contributed by atoms with Gasteiger partial charge in [-0.2, -0.15) is 0 Å². The minimum atomic E-state index is -0.102. The van der Waals surface area contributed by atoms with E-state index in [4.69, 9.17) is 19.2 Å². The molecule has 1 N–H and O–H groups in total. The number of fused-ring (bicyclic) bond motifs is 2. The molecule has 2 heterocycles. The van der Waals surface area contributed by atoms with Crippen LogP contribution in [0, 0.1) is 5.92 Å². The summed E-state index contributed by atoms with van der Waals surface area (Å²) in [6.07, 6.45) is 5.64. The van der Waals surface area contributed by atoms with Crippen LogP contribution in [0.25, 0.3) is 22.2 Å². The Morgan fingerprint density at radius 1 is 1.09 bits per heavy atom. The molecular weight excluding hydrogens is 428 g/mol. The Morgan fingerprint density at radius 3 is 2.79 bits per heavy atom. The number of hydrogen-bond donors (Lipinski definition) is 1. The van der Waals surface area contributed by atoms with E-state index in [9.17, 15) is 4.79 Å². The van der Waals surface area contributed by atoms with Gasteiger partial charge in [0.25, 0.3) is 5.91 Å². The molecule has 0 bridgehead atoms. The second-order valence-corrected chi connectivity index (χ2v) is 8.74. The van der Waals surface area contributed by atoms with E-state index in [1.54, 1.807) is 0 Å². The van der Waals surface area contributed by atoms with Gasteiger partial charge in [-0.25, -0.2) is 4.98 Å². The number of pyridine rings is 1. The fourth-order valence-corrected chi connectivity index (χ4v) is 4.19. The van der Waals surface area contributed by atoms with E-state index in [2.05, 4.69) is 19.2 Å². The molecule has 4 rings (SSSR count). The van der Waals surface area contributed by atoms with Crippen molar-refractivity contribution in [2.24, 2.45) is 5.92 Å². The molecule has 6 nitrogen and oxygen atoms in total. The second kappa shape index (κ2) is 11.8. The molecule has 1 atom stereocenters. The minimum Gasteiger partial charge on any atom is -0.454 e. The Labute approximate surface area is 201 Å². The molecular formula is C28H34N2O4. The van der Waals surface area contributed by atoms with Gasteiger partial charge < -0.3 is 19.5 Å². The van der Waals surface area contributed by atoms with Gasteiger partial charge >= 0.3 is 0 Å². The predicted octanol–water partition coefficient (Wildman–Crippen LogP) is 5.98. The van der Waals surface area contributed by atoms with Crippen molar-refractivity contribution in [1.82, 2.24) is 10.3 Å². The Balaban J connectivity index is 1.39. The lowest BCUT2D eigenvalue weighted by Gasteiger charge is -2.15. The van der Waals surface area contributed by atoms with Crippen molar-refractivity contribution in [1.29, 1.82) is 0 Å². The smallest absolute Gasteiger partial charge is 0.252 e. The van der Waals surface area contributed by atoms with Crippen LogP contribution in [0.1, 0.15) is 56.3 Å². The third-order valence-electron chi connectivity index (χ3n) is 6.28. The summed E-state index contributed by atoms with van der Waals surface area (Å²) in [6, 6.07) is 15.3. The van der Waals surface area contributed by atoms with Crippen LogP contribution in [-0.4, -0.2) is 37.4 Å². The van der Waals surface area contributed by atoms with Crippen molar-refractivity contribution >= 4 is 16.8 Å². The summed E-state index contributed by atoms with van der Waals surface area (Å²) in [7, 11) is 0. The minimum absolute atomic E-state index is 0.102. The van der Waals surface area contributed by atoms with Crippen LogP contribution in [0.2, 0.25) is 0 Å². The van der Waals surface area contributed by atoms with Crippen LogP contribution >= 0.6 is 0 Å². The number of aromatic nitrogens is 1. The number of para-hydroxylation sites is 1. The molecule has 0 saturated carbocycles. The van der Waals surface area contributed by atoms with E-state index < -0.39 is 0 Å². The Kier molecular flexibility index (Phi) is 8.36. The first-order valence-corrected chi connectivity index (χ1v) is 12.3. The summed E-state index contributed by atoms with van der Waals surface area (Å²) in [5.41, 5.74) is 3.00. The highest BCUT2D eigenvalue weighted by atomic mass is 16.7. The SMILES string of the molecule is CCCC[C@H](CC)COCCCNC(=O)c1cc(-c2ccc3c(c2)OCO3)nc2ccccc12. The first-order chi connectivity index (χ1) is 16.7. The Hall–Kier alpha value is -3.12. The van der Waals surface area contributed by atoms with Crippen molar-refractivity contribution in [2.45, 2.75) is 46.0 Å². The van der Waals surface area contributed by atoms with Crippen LogP contribution in [0.5, 0.6) is 11.5 Å². The van der Waals surface area contributed by atoms with Gasteiger partial charge in [-0.05, 0) is 49.1 Å². The fourth-order valence-electron chi connectivity index (χ4n) is 4.19. The average molecular weight is 463 g/mol. The number of nitrogens with one attached hydrogen (secondary N) is 1. The van der Waals surface area contributed by atoms with Gasteiger partial charge in [0.05, 0.1) is 16.8 Å². The standard InChI is InChI=1S/C28H34N2O4/c1-3-5-9-20(4-2)18-32-15-8-14-29-28(31)23-17-25(30-24-11-7-6-10-22(23)24)21-12-13-26-27(16-21)34-19-33-26/h6-7,10-13,16-17,20H,3-5,8-9,14-15,18-19H2,1-2H3,(H,29,31)/t20-/m0/s1. The molecule has 1 amide bonds. The molecule has 0 spiro atoms. The number of ether oxygens (including phenoxy) is 3. The van der Waals surface area contributed by atoms with Crippen LogP contribution in [0.15, 0.2) is 48.5 Å². The van der Waals surface area contributed by atoms with Gasteiger partial charge in [-0.15, -0.1) is 0 Å². The van der Waals surface area contributed by atoms with E-state index in [0.717, 1.165) is 47.4 Å². The van der Waals surface area contributed by atoms with Crippen molar-refractivity contribution in [3.63, 3.8) is 0 Å². The molecule has 0 aliphatic carbocycles. The van der Waals surface area contributed by atoms with E-state index in [1.165, 1.54) is 19.3 Å². The largest absolute Gasteiger partial charge is 0.454 e. The molecule has 6 heteroatoms. The van der Waals surface area contributed by atoms with Gasteiger partial charge in [-0.1, -0.05) is 51.3 Å². The highest BCUT2D eigenvalue weighted by molar-refractivity contribution is 6.07. The van der Waals surface area contributed by atoms with Crippen LogP contribution in [-0.2, 0) is 4.74 Å². The number of benzene rings is 2. The molecule has 1 aromatic heterocycles. The van der Waals surface area contributed by atoms with Gasteiger partial charge in [-0.3, -0.25) is 4.79 Å². The average Bonchev–Trinajstić information content (AvgIpc) is 3.35. The van der Waals surface area contributed by atoms with E-state index in [1.807, 2.05) is 48.5 Å². The zero-order chi connectivity index (χ0) is 23.8. The maximum atomic E-state index is 13.1. The molecule has 34 heavy (non-hydrogen) atoms. The maximum absolute atomic E-state index is 13.1. The van der Waals surface area contributed by atoms with Gasteiger partial charge in [0.2, 0.25) is 6.79 Å². The molecule has 1 aliphatic rings. The van der Waals surface area contributed by atoms with Gasteiger partial charge in [0.1, 0.15) is 0 Å². The molecule has 3 aromatic rings. The topological polar surface area (TPSA) is 69.7 Å². The van der Waals surface area contributed by atoms with Crippen molar-refractivity contribution in [2.75, 3.05) is 26.6 Å². The molecule has 0 unspecified atom stereocenters. The summed E-state index contributed by atoms with van der Waals surface area (Å²) in [5.74, 6) is 1.95. The van der Waals surface area contributed by atoms with Crippen molar-refractivity contribution < 1.29 is 19.0 Å². The van der Waals surface area contributed by atoms with Crippen molar-refractivity contribution in [3.05, 3.63) is 54.1 Å². The normalized spacial score (nSPS) is 13.2. The summed E-state index contributed by atoms with van der Waals surface area (Å²) in [5, 5.41) is 3.89. The Morgan fingerprint density at radius 2 is 1.94 bits per heavy atom. The van der Waals surface area contributed by atoms with E-state index in [0.29, 0.717) is 30.4 Å². The molecule has 0 radical (unpaired) electrons. The number of carbonyl (C=O) groups is 1. The van der Waals surface area contributed by atoms with Crippen LogP contribution < -0.4 is 14.8 Å². The second-order valence-electron chi connectivity index (χ2n) is 8.74. The van der Waals surface area contributed by atoms with Gasteiger partial charge in [0, 0.05) is 30.7 Å². The number of carbonyl (C=O) groups excluding carboxylic acids is 1. The first-order valence-electron chi connectivity index (χ1n) is 12.3. The first kappa shape index (κ1) is 24.0. The van der Waals surface area contributed by atoms with Crippen LogP contribution in [0.3, 0.4) is 0 Å². The molecule has 0 fully saturated rings. The summed E-state index contributed by atoms with van der Waals surface area (Å²) in [4.78, 5) is 17.9. The maximum Gasteiger partial charge on any atom is 0.252 e. The monoisotopic (exact) mass is 462 g/mol. The molecule has 1 aliphatic heterocycles. The molecule has 180 valence electrons. The molecule has 2 aromatic carbocycles. The number of unbranched alkanes of at least 4 members (excludes halogenated alkanes) is 1. The summed E-state index contributed by atoms with van der Waals surface area (Å²) >= 11 is 0. The lowest BCUT2D eigenvalue weighted by molar-refractivity contribution is 0.0876. The van der Waals surface area contributed by atoms with E-state index >= 15 is 0 Å². The zero-order valence-corrected chi connectivity index (χ0v) is 20.1. The lowest BCUT2D eigenvalue weighted by atomic mass is 10.0. The lowest BCUT2D eigenvalue weighted by Crippen LogP contribution is -2.26. The van der Waals surface area contributed by atoms with Gasteiger partial charge in [0.15, 0.2) is 11.5 Å². The number of amides is 1. The number of rotatable bonds is 12. The molecule has 0 saturated heterocycles. The quantitative estimate of drug-likeness (QED) is 0.335. The third-order valence-corrected chi connectivity index (χ3v) is 6.28.